The van der Waals surface area contributed by atoms with Gasteiger partial charge in [-0.15, -0.1) is 0 Å². The minimum absolute atomic E-state index is 0.142. The second-order valence-corrected chi connectivity index (χ2v) is 4.56. The summed E-state index contributed by atoms with van der Waals surface area (Å²) in [5.74, 6) is -0.142. The lowest BCUT2D eigenvalue weighted by atomic mass is 10.1. The SMILES string of the molecule is CNC(=O)c1c(-c2ccnnc2)nn(C(C)C)c1C. The molecular weight excluding hydrogens is 242 g/mol. The molecule has 19 heavy (non-hydrogen) atoms. The van der Waals surface area contributed by atoms with E-state index in [0.717, 1.165) is 11.3 Å². The highest BCUT2D eigenvalue weighted by Crippen LogP contribution is 2.26. The van der Waals surface area contributed by atoms with Gasteiger partial charge < -0.3 is 5.32 Å². The number of aromatic nitrogens is 4. The third kappa shape index (κ3) is 2.33. The second-order valence-electron chi connectivity index (χ2n) is 4.56. The molecule has 2 rings (SSSR count). The Morgan fingerprint density at radius 3 is 2.63 bits per heavy atom. The molecule has 0 unspecified atom stereocenters. The smallest absolute Gasteiger partial charge is 0.255 e. The number of hydrogen-bond donors (Lipinski definition) is 1. The zero-order valence-electron chi connectivity index (χ0n) is 11.5. The molecule has 0 aliphatic heterocycles. The van der Waals surface area contributed by atoms with Crippen molar-refractivity contribution in [3.8, 4) is 11.3 Å². The second kappa shape index (κ2) is 5.17. The van der Waals surface area contributed by atoms with Crippen molar-refractivity contribution in [1.82, 2.24) is 25.3 Å². The highest BCUT2D eigenvalue weighted by molar-refractivity contribution is 6.00. The molecule has 0 radical (unpaired) electrons. The van der Waals surface area contributed by atoms with Crippen LogP contribution < -0.4 is 5.32 Å². The van der Waals surface area contributed by atoms with Crippen LogP contribution in [-0.4, -0.2) is 32.9 Å². The molecule has 0 aliphatic rings. The molecular formula is C13H17N5O. The van der Waals surface area contributed by atoms with Crippen LogP contribution in [0.2, 0.25) is 0 Å². The Bertz CT molecular complexity index is 589. The van der Waals surface area contributed by atoms with Crippen molar-refractivity contribution >= 4 is 5.91 Å². The average molecular weight is 259 g/mol. The minimum atomic E-state index is -0.142. The number of nitrogens with zero attached hydrogens (tertiary/aromatic N) is 4. The molecule has 2 aromatic rings. The number of amides is 1. The summed E-state index contributed by atoms with van der Waals surface area (Å²) in [6, 6.07) is 1.98. The summed E-state index contributed by atoms with van der Waals surface area (Å²) >= 11 is 0. The van der Waals surface area contributed by atoms with Crippen molar-refractivity contribution in [2.75, 3.05) is 7.05 Å². The van der Waals surface area contributed by atoms with E-state index < -0.39 is 0 Å². The van der Waals surface area contributed by atoms with Crippen molar-refractivity contribution in [1.29, 1.82) is 0 Å². The Labute approximate surface area is 111 Å². The summed E-state index contributed by atoms with van der Waals surface area (Å²) in [4.78, 5) is 12.1. The lowest BCUT2D eigenvalue weighted by Crippen LogP contribution is -2.19. The Morgan fingerprint density at radius 1 is 1.37 bits per heavy atom. The van der Waals surface area contributed by atoms with Crippen molar-refractivity contribution in [2.45, 2.75) is 26.8 Å². The molecule has 6 nitrogen and oxygen atoms in total. The fourth-order valence-corrected chi connectivity index (χ4v) is 2.05. The van der Waals surface area contributed by atoms with Crippen LogP contribution in [0.3, 0.4) is 0 Å². The van der Waals surface area contributed by atoms with Gasteiger partial charge in [0.2, 0.25) is 0 Å². The van der Waals surface area contributed by atoms with Crippen molar-refractivity contribution in [3.05, 3.63) is 29.7 Å². The zero-order valence-corrected chi connectivity index (χ0v) is 11.5. The molecule has 0 saturated carbocycles. The predicted molar refractivity (Wildman–Crippen MR) is 71.8 cm³/mol. The maximum atomic E-state index is 12.1. The molecule has 1 N–H and O–H groups in total. The topological polar surface area (TPSA) is 72.7 Å². The molecule has 6 heteroatoms. The normalized spacial score (nSPS) is 10.8. The van der Waals surface area contributed by atoms with Gasteiger partial charge in [-0.3, -0.25) is 9.48 Å². The van der Waals surface area contributed by atoms with E-state index in [9.17, 15) is 4.79 Å². The maximum absolute atomic E-state index is 12.1. The highest BCUT2D eigenvalue weighted by Gasteiger charge is 2.22. The molecule has 2 heterocycles. The van der Waals surface area contributed by atoms with E-state index in [1.54, 1.807) is 25.5 Å². The van der Waals surface area contributed by atoms with Crippen LogP contribution in [0.5, 0.6) is 0 Å². The van der Waals surface area contributed by atoms with Gasteiger partial charge in [0.05, 0.1) is 18.0 Å². The Hall–Kier alpha value is -2.24. The molecule has 0 bridgehead atoms. The van der Waals surface area contributed by atoms with Crippen molar-refractivity contribution in [3.63, 3.8) is 0 Å². The first-order valence-electron chi connectivity index (χ1n) is 6.14. The lowest BCUT2D eigenvalue weighted by Gasteiger charge is -2.07. The van der Waals surface area contributed by atoms with Crippen molar-refractivity contribution < 1.29 is 4.79 Å². The van der Waals surface area contributed by atoms with E-state index in [0.29, 0.717) is 11.3 Å². The fraction of sp³-hybridized carbons (Fsp3) is 0.385. The molecule has 2 aromatic heterocycles. The van der Waals surface area contributed by atoms with Gasteiger partial charge in [-0.2, -0.15) is 15.3 Å². The molecule has 0 spiro atoms. The molecule has 1 amide bonds. The van der Waals surface area contributed by atoms with Crippen LogP contribution in [0.4, 0.5) is 0 Å². The predicted octanol–water partition coefficient (Wildman–Crippen LogP) is 1.59. The number of hydrogen-bond acceptors (Lipinski definition) is 4. The van der Waals surface area contributed by atoms with E-state index in [1.807, 2.05) is 25.5 Å². The van der Waals surface area contributed by atoms with Gasteiger partial charge in [0.15, 0.2) is 0 Å². The van der Waals surface area contributed by atoms with E-state index in [4.69, 9.17) is 0 Å². The van der Waals surface area contributed by atoms with E-state index in [-0.39, 0.29) is 11.9 Å². The van der Waals surface area contributed by atoms with Crippen LogP contribution >= 0.6 is 0 Å². The summed E-state index contributed by atoms with van der Waals surface area (Å²) in [5, 5.41) is 14.8. The van der Waals surface area contributed by atoms with Crippen molar-refractivity contribution in [2.24, 2.45) is 0 Å². The highest BCUT2D eigenvalue weighted by atomic mass is 16.1. The monoisotopic (exact) mass is 259 g/mol. The first-order valence-corrected chi connectivity index (χ1v) is 6.14. The molecule has 0 aromatic carbocycles. The van der Waals surface area contributed by atoms with Gasteiger partial charge in [-0.25, -0.2) is 0 Å². The number of carbonyl (C=O) groups excluding carboxylic acids is 1. The zero-order chi connectivity index (χ0) is 14.0. The molecule has 0 aliphatic carbocycles. The van der Waals surface area contributed by atoms with Gasteiger partial charge in [-0.05, 0) is 26.8 Å². The van der Waals surface area contributed by atoms with Crippen LogP contribution in [0, 0.1) is 6.92 Å². The standard InChI is InChI=1S/C13H17N5O/c1-8(2)18-9(3)11(13(19)14-4)12(17-18)10-5-6-15-16-7-10/h5-8H,1-4H3,(H,14,19). The first kappa shape index (κ1) is 13.2. The van der Waals surface area contributed by atoms with E-state index in [2.05, 4.69) is 20.6 Å². The quantitative estimate of drug-likeness (QED) is 0.908. The van der Waals surface area contributed by atoms with Gasteiger partial charge >= 0.3 is 0 Å². The summed E-state index contributed by atoms with van der Waals surface area (Å²) in [7, 11) is 1.61. The Balaban J connectivity index is 2.66. The summed E-state index contributed by atoms with van der Waals surface area (Å²) in [5.41, 5.74) is 2.86. The summed E-state index contributed by atoms with van der Waals surface area (Å²) < 4.78 is 1.85. The Morgan fingerprint density at radius 2 is 2.11 bits per heavy atom. The molecule has 0 saturated heterocycles. The maximum Gasteiger partial charge on any atom is 0.255 e. The third-order valence-electron chi connectivity index (χ3n) is 2.95. The van der Waals surface area contributed by atoms with Gasteiger partial charge in [0.25, 0.3) is 5.91 Å². The van der Waals surface area contributed by atoms with Crippen LogP contribution in [0.1, 0.15) is 35.9 Å². The van der Waals surface area contributed by atoms with Gasteiger partial charge in [0, 0.05) is 24.3 Å². The van der Waals surface area contributed by atoms with E-state index in [1.165, 1.54) is 0 Å². The van der Waals surface area contributed by atoms with Crippen LogP contribution in [0.25, 0.3) is 11.3 Å². The van der Waals surface area contributed by atoms with E-state index >= 15 is 0 Å². The molecule has 100 valence electrons. The van der Waals surface area contributed by atoms with Crippen LogP contribution in [0.15, 0.2) is 18.5 Å². The minimum Gasteiger partial charge on any atom is -0.355 e. The molecule has 0 fully saturated rings. The Kier molecular flexibility index (Phi) is 3.59. The number of rotatable bonds is 3. The average Bonchev–Trinajstić information content (AvgIpc) is 2.77. The summed E-state index contributed by atoms with van der Waals surface area (Å²) in [6.07, 6.45) is 3.20. The third-order valence-corrected chi connectivity index (χ3v) is 2.95. The van der Waals surface area contributed by atoms with Gasteiger partial charge in [0.1, 0.15) is 5.69 Å². The largest absolute Gasteiger partial charge is 0.355 e. The molecule has 0 atom stereocenters. The lowest BCUT2D eigenvalue weighted by molar-refractivity contribution is 0.0963. The van der Waals surface area contributed by atoms with Gasteiger partial charge in [-0.1, -0.05) is 0 Å². The number of nitrogens with one attached hydrogen (secondary N) is 1. The fourth-order valence-electron chi connectivity index (χ4n) is 2.05. The summed E-state index contributed by atoms with van der Waals surface area (Å²) in [6.45, 7) is 5.96. The number of carbonyl (C=O) groups is 1. The first-order chi connectivity index (χ1) is 9.06. The van der Waals surface area contributed by atoms with Crippen LogP contribution in [-0.2, 0) is 0 Å².